The summed E-state index contributed by atoms with van der Waals surface area (Å²) in [6, 6.07) is 0.634. The number of hydrogen-bond donors (Lipinski definition) is 2. The van der Waals surface area contributed by atoms with Gasteiger partial charge in [-0.1, -0.05) is 123 Å². The molecule has 0 saturated heterocycles. The van der Waals surface area contributed by atoms with Gasteiger partial charge in [-0.2, -0.15) is 0 Å². The van der Waals surface area contributed by atoms with Gasteiger partial charge in [0, 0.05) is 44.2 Å². The Morgan fingerprint density at radius 2 is 1.32 bits per heavy atom. The van der Waals surface area contributed by atoms with Gasteiger partial charge in [0.25, 0.3) is 0 Å². The largest absolute Gasteiger partial charge is 0.356 e. The van der Waals surface area contributed by atoms with Crippen molar-refractivity contribution in [1.29, 1.82) is 0 Å². The van der Waals surface area contributed by atoms with E-state index in [0.29, 0.717) is 12.6 Å². The van der Waals surface area contributed by atoms with Gasteiger partial charge in [0.05, 0.1) is 5.69 Å². The lowest BCUT2D eigenvalue weighted by atomic mass is 9.94. The molecule has 1 rings (SSSR count). The van der Waals surface area contributed by atoms with Crippen molar-refractivity contribution in [3.8, 4) is 0 Å². The highest BCUT2D eigenvalue weighted by atomic mass is 16.1. The van der Waals surface area contributed by atoms with Crippen LogP contribution in [0.5, 0.6) is 0 Å². The zero-order chi connectivity index (χ0) is 27.7. The number of unbranched alkanes of at least 4 members (excludes halogenated alkanes) is 10. The summed E-state index contributed by atoms with van der Waals surface area (Å²) < 4.78 is 1.94. The molecule has 6 heteroatoms. The van der Waals surface area contributed by atoms with Gasteiger partial charge < -0.3 is 10.6 Å². The summed E-state index contributed by atoms with van der Waals surface area (Å²) in [7, 11) is 0. The second-order valence-corrected chi connectivity index (χ2v) is 11.4. The van der Waals surface area contributed by atoms with Gasteiger partial charge >= 0.3 is 0 Å². The number of nitrogens with zero attached hydrogens (tertiary/aromatic N) is 3. The van der Waals surface area contributed by atoms with Crippen molar-refractivity contribution in [3.63, 3.8) is 0 Å². The molecule has 38 heavy (non-hydrogen) atoms. The molecule has 0 aromatic carbocycles. The first-order valence-electron chi connectivity index (χ1n) is 16.5. The molecule has 0 aliphatic rings. The van der Waals surface area contributed by atoms with Crippen LogP contribution in [0.15, 0.2) is 6.20 Å². The molecule has 0 bridgehead atoms. The van der Waals surface area contributed by atoms with Crippen LogP contribution in [0.4, 0.5) is 0 Å². The summed E-state index contributed by atoms with van der Waals surface area (Å²) >= 11 is 0. The van der Waals surface area contributed by atoms with E-state index in [0.717, 1.165) is 57.3 Å². The molecule has 1 aromatic rings. The van der Waals surface area contributed by atoms with Crippen LogP contribution in [-0.2, 0) is 17.8 Å². The smallest absolute Gasteiger partial charge is 0.223 e. The monoisotopic (exact) mass is 534 g/mol. The minimum atomic E-state index is 0.180. The van der Waals surface area contributed by atoms with E-state index in [2.05, 4.69) is 54.8 Å². The maximum absolute atomic E-state index is 12.7. The number of aryl methyl sites for hydroxylation is 1. The Morgan fingerprint density at radius 3 is 2.03 bits per heavy atom. The Morgan fingerprint density at radius 1 is 0.737 bits per heavy atom. The van der Waals surface area contributed by atoms with Crippen molar-refractivity contribution in [2.75, 3.05) is 13.1 Å². The fraction of sp³-hybridized carbons (Fsp3) is 0.906. The molecule has 2 atom stereocenters. The minimum Gasteiger partial charge on any atom is -0.356 e. The van der Waals surface area contributed by atoms with Crippen molar-refractivity contribution in [1.82, 2.24) is 25.6 Å². The second kappa shape index (κ2) is 24.6. The maximum Gasteiger partial charge on any atom is 0.223 e. The van der Waals surface area contributed by atoms with E-state index in [9.17, 15) is 4.79 Å². The summed E-state index contributed by atoms with van der Waals surface area (Å²) in [4.78, 5) is 12.7. The van der Waals surface area contributed by atoms with Gasteiger partial charge in [-0.15, -0.1) is 5.10 Å². The Kier molecular flexibility index (Phi) is 22.4. The minimum absolute atomic E-state index is 0.180. The van der Waals surface area contributed by atoms with E-state index in [1.165, 1.54) is 89.9 Å². The SMILES string of the molecule is CCCCCCCC(CCCCC)NCCc1cn(CCCNC(=O)C(CCCC)CCCCCC)nn1. The summed E-state index contributed by atoms with van der Waals surface area (Å²) in [6.45, 7) is 11.5. The van der Waals surface area contributed by atoms with E-state index in [1.807, 2.05) is 4.68 Å². The molecule has 0 aliphatic heterocycles. The van der Waals surface area contributed by atoms with Crippen LogP contribution in [0.3, 0.4) is 0 Å². The van der Waals surface area contributed by atoms with Gasteiger partial charge in [-0.25, -0.2) is 0 Å². The number of rotatable bonds is 27. The number of hydrogen-bond acceptors (Lipinski definition) is 4. The van der Waals surface area contributed by atoms with E-state index in [-0.39, 0.29) is 11.8 Å². The molecule has 0 aliphatic carbocycles. The van der Waals surface area contributed by atoms with E-state index >= 15 is 0 Å². The zero-order valence-electron chi connectivity index (χ0n) is 25.7. The predicted molar refractivity (Wildman–Crippen MR) is 162 cm³/mol. The average molecular weight is 534 g/mol. The third-order valence-corrected chi connectivity index (χ3v) is 7.76. The van der Waals surface area contributed by atoms with E-state index in [1.54, 1.807) is 0 Å². The average Bonchev–Trinajstić information content (AvgIpc) is 3.37. The highest BCUT2D eigenvalue weighted by Gasteiger charge is 2.17. The maximum atomic E-state index is 12.7. The van der Waals surface area contributed by atoms with Crippen LogP contribution in [-0.4, -0.2) is 40.0 Å². The number of carbonyl (C=O) groups excluding carboxylic acids is 1. The van der Waals surface area contributed by atoms with Gasteiger partial charge in [0.15, 0.2) is 0 Å². The summed E-state index contributed by atoms with van der Waals surface area (Å²) in [5, 5.41) is 15.7. The number of nitrogens with one attached hydrogen (secondary N) is 2. The molecule has 2 unspecified atom stereocenters. The molecule has 0 fully saturated rings. The molecule has 0 radical (unpaired) electrons. The van der Waals surface area contributed by atoms with Crippen molar-refractivity contribution in [2.45, 2.75) is 169 Å². The first kappa shape index (κ1) is 34.6. The molecule has 0 saturated carbocycles. The van der Waals surface area contributed by atoms with Crippen LogP contribution in [0.2, 0.25) is 0 Å². The first-order valence-corrected chi connectivity index (χ1v) is 16.5. The topological polar surface area (TPSA) is 71.8 Å². The zero-order valence-corrected chi connectivity index (χ0v) is 25.7. The lowest BCUT2D eigenvalue weighted by molar-refractivity contribution is -0.125. The van der Waals surface area contributed by atoms with Crippen LogP contribution in [0, 0.1) is 5.92 Å². The van der Waals surface area contributed by atoms with E-state index in [4.69, 9.17) is 0 Å². The normalized spacial score (nSPS) is 13.1. The number of aromatic nitrogens is 3. The Bertz CT molecular complexity index is 662. The Balaban J connectivity index is 2.31. The van der Waals surface area contributed by atoms with Gasteiger partial charge in [-0.3, -0.25) is 9.48 Å². The predicted octanol–water partition coefficient (Wildman–Crippen LogP) is 8.00. The van der Waals surface area contributed by atoms with Gasteiger partial charge in [0.2, 0.25) is 5.91 Å². The Labute approximate surface area is 235 Å². The molecule has 1 heterocycles. The fourth-order valence-electron chi connectivity index (χ4n) is 5.22. The lowest BCUT2D eigenvalue weighted by Crippen LogP contribution is -2.32. The second-order valence-electron chi connectivity index (χ2n) is 11.4. The van der Waals surface area contributed by atoms with Crippen LogP contribution < -0.4 is 10.6 Å². The summed E-state index contributed by atoms with van der Waals surface area (Å²) in [5.74, 6) is 0.429. The third kappa shape index (κ3) is 18.0. The molecule has 2 N–H and O–H groups in total. The van der Waals surface area contributed by atoms with E-state index < -0.39 is 0 Å². The van der Waals surface area contributed by atoms with Gasteiger partial charge in [-0.05, 0) is 32.1 Å². The lowest BCUT2D eigenvalue weighted by Gasteiger charge is -2.18. The third-order valence-electron chi connectivity index (χ3n) is 7.76. The van der Waals surface area contributed by atoms with Crippen LogP contribution in [0.25, 0.3) is 0 Å². The van der Waals surface area contributed by atoms with Crippen molar-refractivity contribution >= 4 is 5.91 Å². The quantitative estimate of drug-likeness (QED) is 0.112. The first-order chi connectivity index (χ1) is 18.6. The highest BCUT2D eigenvalue weighted by Crippen LogP contribution is 2.18. The molecule has 6 nitrogen and oxygen atoms in total. The molecule has 1 aromatic heterocycles. The van der Waals surface area contributed by atoms with Crippen LogP contribution >= 0.6 is 0 Å². The summed E-state index contributed by atoms with van der Waals surface area (Å²) in [5.41, 5.74) is 1.06. The molecular formula is C32H63N5O. The van der Waals surface area contributed by atoms with Gasteiger partial charge in [0.1, 0.15) is 0 Å². The van der Waals surface area contributed by atoms with Crippen molar-refractivity contribution in [3.05, 3.63) is 11.9 Å². The number of carbonyl (C=O) groups is 1. The fourth-order valence-corrected chi connectivity index (χ4v) is 5.22. The molecular weight excluding hydrogens is 470 g/mol. The standard InChI is InChI=1S/C32H63N5O/c1-5-9-13-15-18-23-30(22-16-11-7-3)33-26-24-31-28-37(36-35-31)27-19-25-34-32(38)29(20-12-8-4)21-17-14-10-6-2/h28-30,33H,5-27H2,1-4H3,(H,34,38). The number of amides is 1. The Hall–Kier alpha value is -1.43. The molecule has 1 amide bonds. The summed E-state index contributed by atoms with van der Waals surface area (Å²) in [6.07, 6.45) is 26.5. The molecule has 222 valence electrons. The highest BCUT2D eigenvalue weighted by molar-refractivity contribution is 5.78. The molecule has 0 spiro atoms. The van der Waals surface area contributed by atoms with Crippen molar-refractivity contribution in [2.24, 2.45) is 5.92 Å². The van der Waals surface area contributed by atoms with Crippen LogP contribution in [0.1, 0.15) is 155 Å². The van der Waals surface area contributed by atoms with Crippen molar-refractivity contribution < 1.29 is 4.79 Å².